The van der Waals surface area contributed by atoms with E-state index in [2.05, 4.69) is 17.6 Å². The lowest BCUT2D eigenvalue weighted by molar-refractivity contribution is 0.0660. The molecule has 0 saturated carbocycles. The van der Waals surface area contributed by atoms with Crippen molar-refractivity contribution >= 4 is 12.0 Å². The summed E-state index contributed by atoms with van der Waals surface area (Å²) in [6.07, 6.45) is 3.10. The average molecular weight is 268 g/mol. The van der Waals surface area contributed by atoms with Crippen molar-refractivity contribution in [1.82, 2.24) is 10.6 Å². The topological polar surface area (TPSA) is 91.6 Å². The van der Waals surface area contributed by atoms with Crippen molar-refractivity contribution in [3.05, 3.63) is 23.7 Å². The smallest absolute Gasteiger partial charge is 0.371 e. The number of aromatic carboxylic acids is 1. The highest BCUT2D eigenvalue weighted by Crippen LogP contribution is 2.07. The maximum atomic E-state index is 11.6. The van der Waals surface area contributed by atoms with Crippen molar-refractivity contribution in [2.75, 3.05) is 0 Å². The van der Waals surface area contributed by atoms with Gasteiger partial charge in [0.2, 0.25) is 5.76 Å². The van der Waals surface area contributed by atoms with E-state index in [0.29, 0.717) is 5.76 Å². The molecule has 19 heavy (non-hydrogen) atoms. The van der Waals surface area contributed by atoms with E-state index >= 15 is 0 Å². The number of hydrogen-bond donors (Lipinski definition) is 3. The molecule has 6 heteroatoms. The Hall–Kier alpha value is -1.98. The van der Waals surface area contributed by atoms with Gasteiger partial charge in [0.1, 0.15) is 5.76 Å². The third-order valence-corrected chi connectivity index (χ3v) is 2.66. The second-order valence-electron chi connectivity index (χ2n) is 4.44. The SMILES string of the molecule is CCCCC(C)NC(=O)NCc1ccc(C(=O)O)o1. The monoisotopic (exact) mass is 268 g/mol. The molecule has 3 N–H and O–H groups in total. The summed E-state index contributed by atoms with van der Waals surface area (Å²) in [6.45, 7) is 4.22. The standard InChI is InChI=1S/C13H20N2O4/c1-3-4-5-9(2)15-13(18)14-8-10-6-7-11(19-10)12(16)17/h6-7,9H,3-5,8H2,1-2H3,(H,16,17)(H2,14,15,18). The molecule has 0 aliphatic carbocycles. The summed E-state index contributed by atoms with van der Waals surface area (Å²) in [5.74, 6) is -0.842. The number of unbranched alkanes of at least 4 members (excludes halogenated alkanes) is 1. The molecule has 0 aliphatic heterocycles. The average Bonchev–Trinajstić information content (AvgIpc) is 2.83. The van der Waals surface area contributed by atoms with Crippen molar-refractivity contribution in [3.63, 3.8) is 0 Å². The van der Waals surface area contributed by atoms with Crippen LogP contribution in [0.25, 0.3) is 0 Å². The zero-order valence-corrected chi connectivity index (χ0v) is 11.2. The maximum absolute atomic E-state index is 11.6. The second-order valence-corrected chi connectivity index (χ2v) is 4.44. The van der Waals surface area contributed by atoms with Crippen LogP contribution in [-0.2, 0) is 6.54 Å². The van der Waals surface area contributed by atoms with E-state index in [0.717, 1.165) is 19.3 Å². The summed E-state index contributed by atoms with van der Waals surface area (Å²) in [7, 11) is 0. The van der Waals surface area contributed by atoms with Crippen LogP contribution in [0, 0.1) is 0 Å². The fourth-order valence-electron chi connectivity index (χ4n) is 1.61. The zero-order valence-electron chi connectivity index (χ0n) is 11.2. The Bertz CT molecular complexity index is 428. The summed E-state index contributed by atoms with van der Waals surface area (Å²) in [6, 6.07) is 2.73. The van der Waals surface area contributed by atoms with Crippen LogP contribution in [-0.4, -0.2) is 23.1 Å². The number of furan rings is 1. The Morgan fingerprint density at radius 3 is 2.74 bits per heavy atom. The van der Waals surface area contributed by atoms with E-state index in [1.807, 2.05) is 6.92 Å². The van der Waals surface area contributed by atoms with E-state index in [1.54, 1.807) is 0 Å². The molecule has 106 valence electrons. The number of urea groups is 1. The van der Waals surface area contributed by atoms with Crippen molar-refractivity contribution in [2.24, 2.45) is 0 Å². The predicted molar refractivity (Wildman–Crippen MR) is 70.0 cm³/mol. The largest absolute Gasteiger partial charge is 0.475 e. The van der Waals surface area contributed by atoms with E-state index in [4.69, 9.17) is 9.52 Å². The molecule has 1 heterocycles. The minimum atomic E-state index is -1.12. The van der Waals surface area contributed by atoms with Gasteiger partial charge in [-0.25, -0.2) is 9.59 Å². The molecule has 0 spiro atoms. The first kappa shape index (κ1) is 15.1. The molecule has 6 nitrogen and oxygen atoms in total. The Labute approximate surface area is 112 Å². The van der Waals surface area contributed by atoms with E-state index in [-0.39, 0.29) is 24.4 Å². The third kappa shape index (κ3) is 5.46. The number of nitrogens with one attached hydrogen (secondary N) is 2. The van der Waals surface area contributed by atoms with Gasteiger partial charge in [-0.05, 0) is 25.5 Å². The molecule has 0 saturated heterocycles. The Balaban J connectivity index is 2.31. The molecule has 1 atom stereocenters. The summed E-state index contributed by atoms with van der Waals surface area (Å²) in [4.78, 5) is 22.2. The molecule has 0 aliphatic rings. The molecule has 1 unspecified atom stereocenters. The highest BCUT2D eigenvalue weighted by Gasteiger charge is 2.10. The third-order valence-electron chi connectivity index (χ3n) is 2.66. The molecule has 0 fully saturated rings. The van der Waals surface area contributed by atoms with Gasteiger partial charge in [-0.2, -0.15) is 0 Å². The van der Waals surface area contributed by atoms with Crippen molar-refractivity contribution in [3.8, 4) is 0 Å². The minimum Gasteiger partial charge on any atom is -0.475 e. The van der Waals surface area contributed by atoms with Gasteiger partial charge in [0, 0.05) is 6.04 Å². The van der Waals surface area contributed by atoms with Gasteiger partial charge in [-0.1, -0.05) is 19.8 Å². The first-order valence-electron chi connectivity index (χ1n) is 6.39. The summed E-state index contributed by atoms with van der Waals surface area (Å²) < 4.78 is 5.02. The van der Waals surface area contributed by atoms with Gasteiger partial charge in [-0.3, -0.25) is 0 Å². The maximum Gasteiger partial charge on any atom is 0.371 e. The van der Waals surface area contributed by atoms with Crippen molar-refractivity contribution in [2.45, 2.75) is 45.7 Å². The van der Waals surface area contributed by atoms with Crippen LogP contribution in [0.2, 0.25) is 0 Å². The molecule has 0 radical (unpaired) electrons. The highest BCUT2D eigenvalue weighted by atomic mass is 16.4. The van der Waals surface area contributed by atoms with Gasteiger partial charge in [0.15, 0.2) is 0 Å². The summed E-state index contributed by atoms with van der Waals surface area (Å²) >= 11 is 0. The lowest BCUT2D eigenvalue weighted by Crippen LogP contribution is -2.40. The first-order valence-corrected chi connectivity index (χ1v) is 6.39. The number of carbonyl (C=O) groups is 2. The lowest BCUT2D eigenvalue weighted by Gasteiger charge is -2.13. The van der Waals surface area contributed by atoms with Crippen molar-refractivity contribution < 1.29 is 19.1 Å². The van der Waals surface area contributed by atoms with Gasteiger partial charge in [0.05, 0.1) is 6.54 Å². The number of hydrogen-bond acceptors (Lipinski definition) is 3. The zero-order chi connectivity index (χ0) is 14.3. The first-order chi connectivity index (χ1) is 9.02. The normalized spacial score (nSPS) is 11.9. The number of rotatable bonds is 7. The Kier molecular flexibility index (Phi) is 5.92. The van der Waals surface area contributed by atoms with Crippen LogP contribution in [0.5, 0.6) is 0 Å². The molecule has 1 aromatic rings. The van der Waals surface area contributed by atoms with E-state index in [1.165, 1.54) is 12.1 Å². The van der Waals surface area contributed by atoms with Crippen LogP contribution in [0.15, 0.2) is 16.5 Å². The van der Waals surface area contributed by atoms with Crippen LogP contribution in [0.4, 0.5) is 4.79 Å². The molecule has 2 amide bonds. The van der Waals surface area contributed by atoms with Crippen molar-refractivity contribution in [1.29, 1.82) is 0 Å². The minimum absolute atomic E-state index is 0.117. The number of carbonyl (C=O) groups excluding carboxylic acids is 1. The fourth-order valence-corrected chi connectivity index (χ4v) is 1.61. The molecular weight excluding hydrogens is 248 g/mol. The summed E-state index contributed by atoms with van der Waals surface area (Å²) in [5, 5.41) is 14.1. The van der Waals surface area contributed by atoms with E-state index in [9.17, 15) is 9.59 Å². The van der Waals surface area contributed by atoms with Crippen LogP contribution < -0.4 is 10.6 Å². The molecule has 0 bridgehead atoms. The number of amides is 2. The lowest BCUT2D eigenvalue weighted by atomic mass is 10.1. The second kappa shape index (κ2) is 7.45. The fraction of sp³-hybridized carbons (Fsp3) is 0.538. The molecule has 1 aromatic heterocycles. The van der Waals surface area contributed by atoms with Gasteiger partial charge >= 0.3 is 12.0 Å². The number of carboxylic acids is 1. The molecule has 1 rings (SSSR count). The van der Waals surface area contributed by atoms with Crippen LogP contribution in [0.3, 0.4) is 0 Å². The highest BCUT2D eigenvalue weighted by molar-refractivity contribution is 5.84. The Morgan fingerprint density at radius 2 is 2.16 bits per heavy atom. The van der Waals surface area contributed by atoms with Gasteiger partial charge in [-0.15, -0.1) is 0 Å². The predicted octanol–water partition coefficient (Wildman–Crippen LogP) is 2.36. The number of carboxylic acid groups (broad SMARTS) is 1. The quantitative estimate of drug-likeness (QED) is 0.707. The molecular formula is C13H20N2O4. The Morgan fingerprint density at radius 1 is 1.42 bits per heavy atom. The van der Waals surface area contributed by atoms with E-state index < -0.39 is 5.97 Å². The molecule has 0 aromatic carbocycles. The van der Waals surface area contributed by atoms with Crippen LogP contribution >= 0.6 is 0 Å². The van der Waals surface area contributed by atoms with Gasteiger partial charge in [0.25, 0.3) is 0 Å². The summed E-state index contributed by atoms with van der Waals surface area (Å²) in [5.41, 5.74) is 0. The van der Waals surface area contributed by atoms with Crippen LogP contribution in [0.1, 0.15) is 49.4 Å². The van der Waals surface area contributed by atoms with Gasteiger partial charge < -0.3 is 20.2 Å².